The predicted molar refractivity (Wildman–Crippen MR) is 75.1 cm³/mol. The Hall–Kier alpha value is -0.160. The molecule has 2 unspecified atom stereocenters. The molecule has 0 radical (unpaired) electrons. The van der Waals surface area contributed by atoms with Gasteiger partial charge in [-0.05, 0) is 45.2 Å². The largest absolute Gasteiger partial charge is 0.375 e. The molecule has 4 fully saturated rings. The first-order chi connectivity index (χ1) is 9.24. The van der Waals surface area contributed by atoms with E-state index in [2.05, 4.69) is 21.7 Å². The van der Waals surface area contributed by atoms with E-state index in [1.165, 1.54) is 65.1 Å². The molecule has 4 rings (SSSR count). The first kappa shape index (κ1) is 12.6. The average Bonchev–Trinajstić information content (AvgIpc) is 2.91. The van der Waals surface area contributed by atoms with Crippen LogP contribution in [0.1, 0.15) is 25.7 Å². The minimum atomic E-state index is 0.304. The number of hydrogen-bond donors (Lipinski definition) is 0. The zero-order valence-electron chi connectivity index (χ0n) is 12.2. The first-order valence-corrected chi connectivity index (χ1v) is 8.03. The van der Waals surface area contributed by atoms with Gasteiger partial charge in [-0.3, -0.25) is 9.80 Å². The van der Waals surface area contributed by atoms with Crippen LogP contribution in [0, 0.1) is 5.92 Å². The standard InChI is InChI=1S/C15H27N3O/c1-16-6-2-13-10-18(11-14(13)16)12-17-7-3-15(4-8-17)5-9-19-15/h13-14H,2-12H2,1H3. The van der Waals surface area contributed by atoms with Gasteiger partial charge in [0.2, 0.25) is 0 Å². The number of rotatable bonds is 2. The Morgan fingerprint density at radius 3 is 2.47 bits per heavy atom. The van der Waals surface area contributed by atoms with Crippen LogP contribution in [0.3, 0.4) is 0 Å². The Kier molecular flexibility index (Phi) is 3.10. The van der Waals surface area contributed by atoms with E-state index in [4.69, 9.17) is 4.74 Å². The van der Waals surface area contributed by atoms with Gasteiger partial charge in [-0.2, -0.15) is 0 Å². The second kappa shape index (κ2) is 4.69. The lowest BCUT2D eigenvalue weighted by Gasteiger charge is -2.48. The summed E-state index contributed by atoms with van der Waals surface area (Å²) in [4.78, 5) is 7.90. The molecule has 0 aromatic carbocycles. The van der Waals surface area contributed by atoms with Crippen LogP contribution >= 0.6 is 0 Å². The summed E-state index contributed by atoms with van der Waals surface area (Å²) in [7, 11) is 2.30. The summed E-state index contributed by atoms with van der Waals surface area (Å²) in [6, 6.07) is 0.839. The molecule has 4 heterocycles. The maximum Gasteiger partial charge on any atom is 0.0728 e. The van der Waals surface area contributed by atoms with Crippen LogP contribution in [0.4, 0.5) is 0 Å². The lowest BCUT2D eigenvalue weighted by atomic mass is 9.84. The van der Waals surface area contributed by atoms with Crippen molar-refractivity contribution in [2.75, 3.05) is 53.0 Å². The smallest absolute Gasteiger partial charge is 0.0728 e. The summed E-state index contributed by atoms with van der Waals surface area (Å²) in [5, 5.41) is 0. The summed E-state index contributed by atoms with van der Waals surface area (Å²) in [6.45, 7) is 8.60. The minimum absolute atomic E-state index is 0.304. The van der Waals surface area contributed by atoms with Gasteiger partial charge in [-0.15, -0.1) is 0 Å². The number of likely N-dealkylation sites (N-methyl/N-ethyl adjacent to an activating group) is 1. The molecule has 4 saturated heterocycles. The monoisotopic (exact) mass is 265 g/mol. The van der Waals surface area contributed by atoms with Crippen molar-refractivity contribution in [3.63, 3.8) is 0 Å². The maximum atomic E-state index is 5.81. The van der Waals surface area contributed by atoms with Gasteiger partial charge in [0, 0.05) is 32.2 Å². The molecule has 0 amide bonds. The number of likely N-dealkylation sites (tertiary alicyclic amines) is 3. The molecule has 0 aromatic rings. The zero-order chi connectivity index (χ0) is 12.9. The molecule has 19 heavy (non-hydrogen) atoms. The number of hydrogen-bond acceptors (Lipinski definition) is 4. The van der Waals surface area contributed by atoms with Crippen LogP contribution in [0.5, 0.6) is 0 Å². The SMILES string of the molecule is CN1CCC2CN(CN3CCC4(CCO4)CC3)CC21. The number of ether oxygens (including phenoxy) is 1. The fourth-order valence-corrected chi connectivity index (χ4v) is 4.55. The molecule has 108 valence electrons. The van der Waals surface area contributed by atoms with Crippen LogP contribution in [-0.4, -0.2) is 79.4 Å². The van der Waals surface area contributed by atoms with E-state index >= 15 is 0 Å². The molecule has 4 aliphatic heterocycles. The highest BCUT2D eigenvalue weighted by Gasteiger charge is 2.43. The quantitative estimate of drug-likeness (QED) is 0.736. The Morgan fingerprint density at radius 1 is 1.05 bits per heavy atom. The number of nitrogens with zero attached hydrogens (tertiary/aromatic N) is 3. The number of piperidine rings is 1. The average molecular weight is 265 g/mol. The highest BCUT2D eigenvalue weighted by Crippen LogP contribution is 2.37. The Balaban J connectivity index is 1.27. The molecule has 2 atom stereocenters. The highest BCUT2D eigenvalue weighted by atomic mass is 16.5. The topological polar surface area (TPSA) is 19.0 Å². The Labute approximate surface area is 116 Å². The van der Waals surface area contributed by atoms with Crippen molar-refractivity contribution in [2.24, 2.45) is 5.92 Å². The van der Waals surface area contributed by atoms with Gasteiger partial charge in [0.05, 0.1) is 18.9 Å². The van der Waals surface area contributed by atoms with Crippen molar-refractivity contribution < 1.29 is 4.74 Å². The van der Waals surface area contributed by atoms with Crippen LogP contribution in [0.25, 0.3) is 0 Å². The first-order valence-electron chi connectivity index (χ1n) is 8.03. The van der Waals surface area contributed by atoms with Crippen molar-refractivity contribution in [3.05, 3.63) is 0 Å². The van der Waals surface area contributed by atoms with Crippen LogP contribution < -0.4 is 0 Å². The zero-order valence-corrected chi connectivity index (χ0v) is 12.2. The van der Waals surface area contributed by atoms with Gasteiger partial charge in [0.25, 0.3) is 0 Å². The van der Waals surface area contributed by atoms with Crippen molar-refractivity contribution in [1.82, 2.24) is 14.7 Å². The predicted octanol–water partition coefficient (Wildman–Crippen LogP) is 0.835. The molecular formula is C15H27N3O. The molecule has 4 aliphatic rings. The van der Waals surface area contributed by atoms with Crippen LogP contribution in [-0.2, 0) is 4.74 Å². The minimum Gasteiger partial charge on any atom is -0.375 e. The van der Waals surface area contributed by atoms with E-state index in [1.807, 2.05) is 0 Å². The Bertz CT molecular complexity index is 334. The fraction of sp³-hybridized carbons (Fsp3) is 1.00. The third kappa shape index (κ3) is 2.23. The molecular weight excluding hydrogens is 238 g/mol. The molecule has 0 bridgehead atoms. The van der Waals surface area contributed by atoms with Crippen molar-refractivity contribution >= 4 is 0 Å². The third-order valence-electron chi connectivity index (χ3n) is 6.03. The van der Waals surface area contributed by atoms with E-state index in [1.54, 1.807) is 0 Å². The number of fused-ring (bicyclic) bond motifs is 1. The van der Waals surface area contributed by atoms with Crippen LogP contribution in [0.2, 0.25) is 0 Å². The van der Waals surface area contributed by atoms with E-state index in [-0.39, 0.29) is 0 Å². The summed E-state index contributed by atoms with van der Waals surface area (Å²) in [5.74, 6) is 0.941. The summed E-state index contributed by atoms with van der Waals surface area (Å²) in [6.07, 6.45) is 5.23. The molecule has 0 aliphatic carbocycles. The normalized spacial score (nSPS) is 39.6. The van der Waals surface area contributed by atoms with Gasteiger partial charge in [-0.1, -0.05) is 0 Å². The van der Waals surface area contributed by atoms with E-state index in [9.17, 15) is 0 Å². The van der Waals surface area contributed by atoms with Gasteiger partial charge < -0.3 is 9.64 Å². The van der Waals surface area contributed by atoms with Crippen molar-refractivity contribution in [2.45, 2.75) is 37.3 Å². The third-order valence-corrected chi connectivity index (χ3v) is 6.03. The Morgan fingerprint density at radius 2 is 1.84 bits per heavy atom. The van der Waals surface area contributed by atoms with E-state index < -0.39 is 0 Å². The fourth-order valence-electron chi connectivity index (χ4n) is 4.55. The van der Waals surface area contributed by atoms with Crippen molar-refractivity contribution in [3.8, 4) is 0 Å². The lowest BCUT2D eigenvalue weighted by molar-refractivity contribution is -0.174. The van der Waals surface area contributed by atoms with Crippen molar-refractivity contribution in [1.29, 1.82) is 0 Å². The van der Waals surface area contributed by atoms with E-state index in [0.717, 1.165) is 18.6 Å². The lowest BCUT2D eigenvalue weighted by Crippen LogP contribution is -2.54. The summed E-state index contributed by atoms with van der Waals surface area (Å²) in [5.41, 5.74) is 0.304. The second-order valence-electron chi connectivity index (χ2n) is 7.17. The second-order valence-corrected chi connectivity index (χ2v) is 7.17. The van der Waals surface area contributed by atoms with Crippen LogP contribution in [0.15, 0.2) is 0 Å². The molecule has 0 saturated carbocycles. The molecule has 0 aromatic heterocycles. The summed E-state index contributed by atoms with van der Waals surface area (Å²) < 4.78 is 5.81. The van der Waals surface area contributed by atoms with Gasteiger partial charge in [-0.25, -0.2) is 0 Å². The summed E-state index contributed by atoms with van der Waals surface area (Å²) >= 11 is 0. The van der Waals surface area contributed by atoms with Gasteiger partial charge in [0.1, 0.15) is 0 Å². The van der Waals surface area contributed by atoms with E-state index in [0.29, 0.717) is 5.60 Å². The molecule has 4 heteroatoms. The molecule has 4 nitrogen and oxygen atoms in total. The molecule has 0 N–H and O–H groups in total. The van der Waals surface area contributed by atoms with Gasteiger partial charge in [0.15, 0.2) is 0 Å². The molecule has 1 spiro atoms. The van der Waals surface area contributed by atoms with Gasteiger partial charge >= 0.3 is 0 Å². The highest BCUT2D eigenvalue weighted by molar-refractivity contribution is 4.96. The maximum absolute atomic E-state index is 5.81.